The third-order valence-electron chi connectivity index (χ3n) is 6.32. The first kappa shape index (κ1) is 22.4. The first-order valence-electron chi connectivity index (χ1n) is 11.5. The van der Waals surface area contributed by atoms with E-state index in [-0.39, 0.29) is 17.4 Å². The van der Waals surface area contributed by atoms with Crippen molar-refractivity contribution in [3.8, 4) is 0 Å². The number of likely N-dealkylation sites (tertiary alicyclic amines) is 1. The number of furan rings is 1. The Kier molecular flexibility index (Phi) is 6.52. The van der Waals surface area contributed by atoms with Gasteiger partial charge in [0.1, 0.15) is 11.5 Å². The fourth-order valence-corrected chi connectivity index (χ4v) is 4.87. The number of nitrogens with zero attached hydrogens (tertiary/aromatic N) is 2. The Morgan fingerprint density at radius 2 is 1.82 bits per heavy atom. The number of hydrogen-bond donors (Lipinski definition) is 2. The fourth-order valence-electron chi connectivity index (χ4n) is 4.67. The number of anilines is 1. The Hall–Kier alpha value is -3.35. The largest absolute Gasteiger partial charge is 0.466 e. The molecule has 0 spiro atoms. The van der Waals surface area contributed by atoms with E-state index >= 15 is 0 Å². The predicted octanol–water partition coefficient (Wildman–Crippen LogP) is 5.32. The summed E-state index contributed by atoms with van der Waals surface area (Å²) in [7, 11) is 0. The minimum atomic E-state index is -0.178. The second kappa shape index (κ2) is 9.87. The van der Waals surface area contributed by atoms with Crippen LogP contribution in [0.15, 0.2) is 82.0 Å². The number of nitrogens with one attached hydrogen (secondary N) is 2. The van der Waals surface area contributed by atoms with Gasteiger partial charge in [-0.2, -0.15) is 0 Å². The van der Waals surface area contributed by atoms with Gasteiger partial charge in [-0.15, -0.1) is 0 Å². The number of halogens is 1. The molecule has 2 aromatic carbocycles. The molecular weight excluding hydrogens is 448 g/mol. The van der Waals surface area contributed by atoms with Crippen molar-refractivity contribution in [3.63, 3.8) is 0 Å². The van der Waals surface area contributed by atoms with Gasteiger partial charge in [0.05, 0.1) is 5.69 Å². The summed E-state index contributed by atoms with van der Waals surface area (Å²) in [6.45, 7) is 4.90. The molecule has 1 saturated heterocycles. The molecule has 1 aliphatic heterocycles. The van der Waals surface area contributed by atoms with Crippen molar-refractivity contribution < 1.29 is 4.42 Å². The van der Waals surface area contributed by atoms with E-state index in [1.54, 1.807) is 6.07 Å². The number of aryl methyl sites for hydroxylation is 1. The Morgan fingerprint density at radius 1 is 1.06 bits per heavy atom. The molecule has 1 fully saturated rings. The van der Waals surface area contributed by atoms with E-state index < -0.39 is 0 Å². The van der Waals surface area contributed by atoms with Crippen LogP contribution in [0, 0.1) is 6.92 Å². The fraction of sp³-hybridized carbons (Fsp3) is 0.259. The molecule has 0 unspecified atom stereocenters. The minimum absolute atomic E-state index is 0.0393. The van der Waals surface area contributed by atoms with Crippen LogP contribution in [0.4, 0.5) is 5.95 Å². The summed E-state index contributed by atoms with van der Waals surface area (Å²) in [6, 6.07) is 23.7. The Morgan fingerprint density at radius 3 is 2.59 bits per heavy atom. The van der Waals surface area contributed by atoms with Crippen LogP contribution in [0.1, 0.15) is 40.2 Å². The van der Waals surface area contributed by atoms with E-state index in [0.29, 0.717) is 17.5 Å². The molecule has 0 bridgehead atoms. The molecule has 3 heterocycles. The molecule has 2 aromatic heterocycles. The molecule has 174 valence electrons. The molecule has 34 heavy (non-hydrogen) atoms. The molecule has 7 heteroatoms. The lowest BCUT2D eigenvalue weighted by molar-refractivity contribution is 0.319. The minimum Gasteiger partial charge on any atom is -0.466 e. The van der Waals surface area contributed by atoms with Gasteiger partial charge in [-0.05, 0) is 36.2 Å². The number of rotatable bonds is 7. The summed E-state index contributed by atoms with van der Waals surface area (Å²) < 4.78 is 6.03. The average molecular weight is 475 g/mol. The smallest absolute Gasteiger partial charge is 0.252 e. The SMILES string of the molecule is Cc1ccc([C@@H]2CN(Cc3ccccc3)C[C@H]2c2cc(=O)[nH]c(NCc3ccccc3Cl)n2)o1. The van der Waals surface area contributed by atoms with Crippen LogP contribution in [0.3, 0.4) is 0 Å². The van der Waals surface area contributed by atoms with Gasteiger partial charge in [-0.3, -0.25) is 14.7 Å². The summed E-state index contributed by atoms with van der Waals surface area (Å²) in [5, 5.41) is 3.90. The molecular formula is C27H27ClN4O2. The molecule has 2 atom stereocenters. The summed E-state index contributed by atoms with van der Waals surface area (Å²) in [6.07, 6.45) is 0. The highest BCUT2D eigenvalue weighted by molar-refractivity contribution is 6.31. The van der Waals surface area contributed by atoms with E-state index in [1.807, 2.05) is 49.4 Å². The highest BCUT2D eigenvalue weighted by Crippen LogP contribution is 2.40. The van der Waals surface area contributed by atoms with Crippen LogP contribution in [-0.2, 0) is 13.1 Å². The van der Waals surface area contributed by atoms with Gasteiger partial charge in [0.2, 0.25) is 5.95 Å². The lowest BCUT2D eigenvalue weighted by Gasteiger charge is -2.17. The Labute approximate surface area is 203 Å². The Balaban J connectivity index is 1.41. The van der Waals surface area contributed by atoms with E-state index in [1.165, 1.54) is 5.56 Å². The highest BCUT2D eigenvalue weighted by Gasteiger charge is 2.38. The van der Waals surface area contributed by atoms with Gasteiger partial charge in [-0.25, -0.2) is 4.98 Å². The molecule has 0 amide bonds. The Bertz CT molecular complexity index is 1320. The molecule has 2 N–H and O–H groups in total. The lowest BCUT2D eigenvalue weighted by atomic mass is 9.90. The average Bonchev–Trinajstić information content (AvgIpc) is 3.45. The van der Waals surface area contributed by atoms with E-state index in [0.717, 1.165) is 42.4 Å². The summed E-state index contributed by atoms with van der Waals surface area (Å²) in [5.41, 5.74) is 2.79. The zero-order valence-electron chi connectivity index (χ0n) is 19.0. The van der Waals surface area contributed by atoms with Crippen LogP contribution in [0.2, 0.25) is 5.02 Å². The molecule has 0 radical (unpaired) electrons. The first-order chi connectivity index (χ1) is 16.5. The normalized spacial score (nSPS) is 18.3. The van der Waals surface area contributed by atoms with Crippen molar-refractivity contribution in [1.82, 2.24) is 14.9 Å². The maximum Gasteiger partial charge on any atom is 0.252 e. The number of benzene rings is 2. The second-order valence-corrected chi connectivity index (χ2v) is 9.21. The molecule has 1 aliphatic rings. The van der Waals surface area contributed by atoms with E-state index in [9.17, 15) is 4.79 Å². The number of hydrogen-bond acceptors (Lipinski definition) is 5. The van der Waals surface area contributed by atoms with E-state index in [4.69, 9.17) is 21.0 Å². The summed E-state index contributed by atoms with van der Waals surface area (Å²) in [4.78, 5) is 22.6. The summed E-state index contributed by atoms with van der Waals surface area (Å²) in [5.74, 6) is 2.42. The van der Waals surface area contributed by atoms with Crippen LogP contribution in [-0.4, -0.2) is 28.0 Å². The third kappa shape index (κ3) is 5.08. The monoisotopic (exact) mass is 474 g/mol. The van der Waals surface area contributed by atoms with Crippen molar-refractivity contribution in [1.29, 1.82) is 0 Å². The zero-order chi connectivity index (χ0) is 23.5. The molecule has 5 rings (SSSR count). The van der Waals surface area contributed by atoms with Crippen LogP contribution in [0.25, 0.3) is 0 Å². The standard InChI is InChI=1S/C27H27ClN4O2/c1-18-11-12-25(34-18)22-17-32(15-19-7-3-2-4-8-19)16-21(22)24-13-26(33)31-27(30-24)29-14-20-9-5-6-10-23(20)28/h2-13,21-22H,14-17H2,1H3,(H2,29,30,31,33)/t21-,22-/m1/s1. The quantitative estimate of drug-likeness (QED) is 0.379. The van der Waals surface area contributed by atoms with Crippen molar-refractivity contribution in [2.45, 2.75) is 31.8 Å². The number of aromatic nitrogens is 2. The van der Waals surface area contributed by atoms with Crippen molar-refractivity contribution in [2.75, 3.05) is 18.4 Å². The maximum absolute atomic E-state index is 12.6. The molecule has 4 aromatic rings. The number of aromatic amines is 1. The van der Waals surface area contributed by atoms with Gasteiger partial charge in [0, 0.05) is 49.1 Å². The van der Waals surface area contributed by atoms with Crippen molar-refractivity contribution >= 4 is 17.5 Å². The van der Waals surface area contributed by atoms with Gasteiger partial charge >= 0.3 is 0 Å². The molecule has 0 aliphatic carbocycles. The lowest BCUT2D eigenvalue weighted by Crippen LogP contribution is -2.21. The molecule has 0 saturated carbocycles. The van der Waals surface area contributed by atoms with Crippen molar-refractivity contribution in [3.05, 3.63) is 117 Å². The topological polar surface area (TPSA) is 74.2 Å². The van der Waals surface area contributed by atoms with Crippen molar-refractivity contribution in [2.24, 2.45) is 0 Å². The van der Waals surface area contributed by atoms with Gasteiger partial charge < -0.3 is 9.73 Å². The number of H-pyrrole nitrogens is 1. The van der Waals surface area contributed by atoms with Crippen LogP contribution >= 0.6 is 11.6 Å². The van der Waals surface area contributed by atoms with E-state index in [2.05, 4.69) is 39.5 Å². The van der Waals surface area contributed by atoms with Crippen LogP contribution < -0.4 is 10.9 Å². The van der Waals surface area contributed by atoms with Gasteiger partial charge in [0.25, 0.3) is 5.56 Å². The van der Waals surface area contributed by atoms with Gasteiger partial charge in [0.15, 0.2) is 0 Å². The van der Waals surface area contributed by atoms with Gasteiger partial charge in [-0.1, -0.05) is 60.1 Å². The third-order valence-corrected chi connectivity index (χ3v) is 6.69. The maximum atomic E-state index is 12.6. The summed E-state index contributed by atoms with van der Waals surface area (Å²) >= 11 is 6.28. The molecule has 6 nitrogen and oxygen atoms in total. The first-order valence-corrected chi connectivity index (χ1v) is 11.8. The zero-order valence-corrected chi connectivity index (χ0v) is 19.8. The highest BCUT2D eigenvalue weighted by atomic mass is 35.5. The predicted molar refractivity (Wildman–Crippen MR) is 134 cm³/mol. The van der Waals surface area contributed by atoms with Crippen LogP contribution in [0.5, 0.6) is 0 Å². The second-order valence-electron chi connectivity index (χ2n) is 8.80.